The van der Waals surface area contributed by atoms with E-state index in [4.69, 9.17) is 0 Å². The Bertz CT molecular complexity index is 413. The SMILES string of the molecule is OCC(Cc1c[nH+]c[nH]1)[NH2+]Cc1ccccc1. The summed E-state index contributed by atoms with van der Waals surface area (Å²) in [6.45, 7) is 1.09. The molecule has 0 spiro atoms. The maximum Gasteiger partial charge on any atom is 0.239 e. The Morgan fingerprint density at radius 1 is 1.29 bits per heavy atom. The molecule has 2 rings (SSSR count). The molecule has 0 saturated carbocycles. The molecule has 0 aliphatic rings. The van der Waals surface area contributed by atoms with Crippen LogP contribution in [0.1, 0.15) is 11.3 Å². The van der Waals surface area contributed by atoms with Crippen molar-refractivity contribution in [3.05, 3.63) is 54.1 Å². The monoisotopic (exact) mass is 233 g/mol. The number of quaternary nitrogens is 1. The third-order valence-corrected chi connectivity index (χ3v) is 2.84. The first-order chi connectivity index (χ1) is 8.38. The van der Waals surface area contributed by atoms with Crippen molar-refractivity contribution >= 4 is 0 Å². The number of benzene rings is 1. The Labute approximate surface area is 101 Å². The molecular formula is C13H19N3O+2. The van der Waals surface area contributed by atoms with Crippen molar-refractivity contribution in [3.8, 4) is 0 Å². The summed E-state index contributed by atoms with van der Waals surface area (Å²) in [5.74, 6) is 0. The minimum atomic E-state index is 0.186. The molecule has 1 heterocycles. The highest BCUT2D eigenvalue weighted by atomic mass is 16.3. The summed E-state index contributed by atoms with van der Waals surface area (Å²) < 4.78 is 0. The van der Waals surface area contributed by atoms with Gasteiger partial charge in [0, 0.05) is 5.56 Å². The van der Waals surface area contributed by atoms with Gasteiger partial charge in [-0.05, 0) is 0 Å². The van der Waals surface area contributed by atoms with Crippen molar-refractivity contribution in [2.24, 2.45) is 0 Å². The molecule has 0 bridgehead atoms. The van der Waals surface area contributed by atoms with Gasteiger partial charge in [0.1, 0.15) is 24.5 Å². The van der Waals surface area contributed by atoms with Crippen LogP contribution in [0.15, 0.2) is 42.9 Å². The highest BCUT2D eigenvalue weighted by molar-refractivity contribution is 5.13. The van der Waals surface area contributed by atoms with E-state index in [1.54, 1.807) is 6.33 Å². The normalized spacial score (nSPS) is 12.5. The zero-order chi connectivity index (χ0) is 11.9. The lowest BCUT2D eigenvalue weighted by Gasteiger charge is -2.10. The van der Waals surface area contributed by atoms with Crippen LogP contribution in [0.5, 0.6) is 0 Å². The van der Waals surface area contributed by atoms with Gasteiger partial charge in [0.05, 0.1) is 13.0 Å². The summed E-state index contributed by atoms with van der Waals surface area (Å²) in [5, 5.41) is 11.5. The third kappa shape index (κ3) is 3.69. The summed E-state index contributed by atoms with van der Waals surface area (Å²) in [6, 6.07) is 10.5. The number of H-pyrrole nitrogens is 2. The fourth-order valence-corrected chi connectivity index (χ4v) is 1.86. The molecule has 1 aromatic heterocycles. The van der Waals surface area contributed by atoms with Crippen molar-refractivity contribution in [1.82, 2.24) is 4.98 Å². The molecule has 0 saturated heterocycles. The molecule has 0 amide bonds. The molecule has 1 unspecified atom stereocenters. The molecule has 2 aromatic rings. The number of aromatic amines is 2. The number of rotatable bonds is 6. The molecule has 0 aliphatic carbocycles. The van der Waals surface area contributed by atoms with E-state index in [0.29, 0.717) is 0 Å². The summed E-state index contributed by atoms with van der Waals surface area (Å²) in [4.78, 5) is 6.10. The molecule has 1 atom stereocenters. The smallest absolute Gasteiger partial charge is 0.239 e. The van der Waals surface area contributed by atoms with Gasteiger partial charge in [0.25, 0.3) is 0 Å². The van der Waals surface area contributed by atoms with Gasteiger partial charge >= 0.3 is 0 Å². The average molecular weight is 233 g/mol. The van der Waals surface area contributed by atoms with Crippen LogP contribution in [0.25, 0.3) is 0 Å². The van der Waals surface area contributed by atoms with Gasteiger partial charge in [-0.3, -0.25) is 4.98 Å². The van der Waals surface area contributed by atoms with Crippen molar-refractivity contribution in [2.45, 2.75) is 19.0 Å². The van der Waals surface area contributed by atoms with Crippen molar-refractivity contribution in [3.63, 3.8) is 0 Å². The average Bonchev–Trinajstić information content (AvgIpc) is 2.88. The fraction of sp³-hybridized carbons (Fsp3) is 0.308. The summed E-state index contributed by atoms with van der Waals surface area (Å²) in [7, 11) is 0. The van der Waals surface area contributed by atoms with Crippen LogP contribution in [0.4, 0.5) is 0 Å². The second kappa shape index (κ2) is 6.18. The second-order valence-corrected chi connectivity index (χ2v) is 4.20. The van der Waals surface area contributed by atoms with Gasteiger partial charge in [-0.2, -0.15) is 0 Å². The van der Waals surface area contributed by atoms with Crippen LogP contribution in [0.2, 0.25) is 0 Å². The standard InChI is InChI=1S/C13H17N3O/c17-9-13(6-12-8-14-10-16-12)15-7-11-4-2-1-3-5-11/h1-5,8,10,13,15,17H,6-7,9H2,(H,14,16)/p+2. The van der Waals surface area contributed by atoms with Crippen LogP contribution in [-0.4, -0.2) is 22.7 Å². The number of aliphatic hydroxyl groups is 1. The van der Waals surface area contributed by atoms with Crippen LogP contribution >= 0.6 is 0 Å². The van der Waals surface area contributed by atoms with E-state index >= 15 is 0 Å². The predicted octanol–water partition coefficient (Wildman–Crippen LogP) is -0.504. The van der Waals surface area contributed by atoms with E-state index in [2.05, 4.69) is 27.4 Å². The van der Waals surface area contributed by atoms with Crippen LogP contribution < -0.4 is 10.3 Å². The number of hydrogen-bond donors (Lipinski definition) is 3. The lowest BCUT2D eigenvalue weighted by Crippen LogP contribution is -2.90. The Balaban J connectivity index is 1.84. The quantitative estimate of drug-likeness (QED) is 0.618. The van der Waals surface area contributed by atoms with Crippen molar-refractivity contribution in [2.75, 3.05) is 6.61 Å². The van der Waals surface area contributed by atoms with Gasteiger partial charge in [-0.25, -0.2) is 4.98 Å². The minimum absolute atomic E-state index is 0.186. The van der Waals surface area contributed by atoms with Gasteiger partial charge in [0.15, 0.2) is 0 Å². The highest BCUT2D eigenvalue weighted by Crippen LogP contribution is 1.96. The molecule has 17 heavy (non-hydrogen) atoms. The molecule has 0 radical (unpaired) electrons. The molecule has 1 aromatic carbocycles. The number of nitrogens with one attached hydrogen (secondary N) is 2. The first-order valence-corrected chi connectivity index (χ1v) is 5.90. The Kier molecular flexibility index (Phi) is 4.30. The Morgan fingerprint density at radius 2 is 2.12 bits per heavy atom. The van der Waals surface area contributed by atoms with E-state index in [1.807, 2.05) is 24.4 Å². The maximum absolute atomic E-state index is 9.35. The lowest BCUT2D eigenvalue weighted by atomic mass is 10.1. The fourth-order valence-electron chi connectivity index (χ4n) is 1.86. The van der Waals surface area contributed by atoms with E-state index < -0.39 is 0 Å². The Hall–Kier alpha value is -1.65. The zero-order valence-electron chi connectivity index (χ0n) is 9.76. The number of imidazole rings is 1. The van der Waals surface area contributed by atoms with Crippen molar-refractivity contribution < 1.29 is 15.4 Å². The van der Waals surface area contributed by atoms with Crippen LogP contribution in [-0.2, 0) is 13.0 Å². The lowest BCUT2D eigenvalue weighted by molar-refractivity contribution is -0.705. The first kappa shape index (κ1) is 11.8. The summed E-state index contributed by atoms with van der Waals surface area (Å²) in [5.41, 5.74) is 2.40. The van der Waals surface area contributed by atoms with Gasteiger partial charge in [-0.1, -0.05) is 30.3 Å². The molecule has 90 valence electrons. The van der Waals surface area contributed by atoms with Crippen molar-refractivity contribution in [1.29, 1.82) is 0 Å². The molecule has 4 heteroatoms. The van der Waals surface area contributed by atoms with Crippen LogP contribution in [0.3, 0.4) is 0 Å². The third-order valence-electron chi connectivity index (χ3n) is 2.84. The maximum atomic E-state index is 9.35. The van der Waals surface area contributed by atoms with E-state index in [9.17, 15) is 5.11 Å². The first-order valence-electron chi connectivity index (χ1n) is 5.90. The topological polar surface area (TPSA) is 66.8 Å². The largest absolute Gasteiger partial charge is 0.390 e. The van der Waals surface area contributed by atoms with E-state index in [-0.39, 0.29) is 12.6 Å². The number of hydrogen-bond acceptors (Lipinski definition) is 1. The van der Waals surface area contributed by atoms with Gasteiger partial charge < -0.3 is 10.4 Å². The molecule has 0 aliphatic heterocycles. The molecule has 4 nitrogen and oxygen atoms in total. The number of aliphatic hydroxyl groups excluding tert-OH is 1. The number of aromatic nitrogens is 2. The second-order valence-electron chi connectivity index (χ2n) is 4.20. The molecule has 5 N–H and O–H groups in total. The minimum Gasteiger partial charge on any atom is -0.390 e. The van der Waals surface area contributed by atoms with E-state index in [1.165, 1.54) is 5.56 Å². The number of nitrogens with two attached hydrogens (primary N) is 1. The summed E-state index contributed by atoms with van der Waals surface area (Å²) >= 11 is 0. The zero-order valence-corrected chi connectivity index (χ0v) is 9.76. The highest BCUT2D eigenvalue weighted by Gasteiger charge is 2.14. The summed E-state index contributed by atoms with van der Waals surface area (Å²) in [6.07, 6.45) is 4.56. The van der Waals surface area contributed by atoms with Crippen LogP contribution in [0, 0.1) is 0 Å². The molecule has 0 fully saturated rings. The molecular weight excluding hydrogens is 214 g/mol. The Morgan fingerprint density at radius 3 is 2.76 bits per heavy atom. The van der Waals surface area contributed by atoms with E-state index in [0.717, 1.165) is 18.7 Å². The van der Waals surface area contributed by atoms with Gasteiger partial charge in [0.2, 0.25) is 6.33 Å². The predicted molar refractivity (Wildman–Crippen MR) is 64.0 cm³/mol. The van der Waals surface area contributed by atoms with Gasteiger partial charge in [-0.15, -0.1) is 0 Å².